The second-order valence-electron chi connectivity index (χ2n) is 7.39. The van der Waals surface area contributed by atoms with E-state index < -0.39 is 18.1 Å². The van der Waals surface area contributed by atoms with E-state index in [0.717, 1.165) is 37.3 Å². The summed E-state index contributed by atoms with van der Waals surface area (Å²) in [5, 5.41) is 14.5. The summed E-state index contributed by atoms with van der Waals surface area (Å²) in [6.45, 7) is 2.55. The fraction of sp³-hybridized carbons (Fsp3) is 0.458. The number of hydrogen-bond donors (Lipinski definition) is 4. The smallest absolute Gasteiger partial charge is 0.328 e. The Morgan fingerprint density at radius 3 is 2.45 bits per heavy atom. The number of nitrogens with two attached hydrogens (primary N) is 1. The van der Waals surface area contributed by atoms with Crippen LogP contribution >= 0.6 is 0 Å². The van der Waals surface area contributed by atoms with Crippen molar-refractivity contribution in [3.63, 3.8) is 0 Å². The summed E-state index contributed by atoms with van der Waals surface area (Å²) in [6, 6.07) is 8.15. The van der Waals surface area contributed by atoms with Crippen LogP contribution < -0.4 is 16.4 Å². The Bertz CT molecular complexity index is 732. The molecule has 0 saturated carbocycles. The third-order valence-electron chi connectivity index (χ3n) is 4.68. The van der Waals surface area contributed by atoms with Gasteiger partial charge in [-0.3, -0.25) is 9.59 Å². The molecule has 1 rings (SSSR count). The van der Waals surface area contributed by atoms with Crippen molar-refractivity contribution in [3.8, 4) is 0 Å². The van der Waals surface area contributed by atoms with E-state index in [2.05, 4.69) is 17.6 Å². The van der Waals surface area contributed by atoms with Crippen molar-refractivity contribution in [2.75, 3.05) is 6.54 Å². The van der Waals surface area contributed by atoms with Gasteiger partial charge >= 0.3 is 5.97 Å². The quantitative estimate of drug-likeness (QED) is 0.252. The molecule has 7 heteroatoms. The summed E-state index contributed by atoms with van der Waals surface area (Å²) >= 11 is 0. The molecule has 1 aromatic rings. The van der Waals surface area contributed by atoms with Crippen LogP contribution in [0.4, 0.5) is 0 Å². The van der Waals surface area contributed by atoms with E-state index in [1.165, 1.54) is 12.2 Å². The molecule has 2 amide bonds. The normalized spacial score (nSPS) is 13.2. The lowest BCUT2D eigenvalue weighted by atomic mass is 10.0. The number of carboxylic acid groups (broad SMARTS) is 1. The second kappa shape index (κ2) is 15.8. The third kappa shape index (κ3) is 12.4. The maximum atomic E-state index is 13.0. The van der Waals surface area contributed by atoms with E-state index in [9.17, 15) is 14.4 Å². The Hall–Kier alpha value is -2.93. The van der Waals surface area contributed by atoms with Crippen LogP contribution in [0.1, 0.15) is 51.0 Å². The zero-order chi connectivity index (χ0) is 22.9. The van der Waals surface area contributed by atoms with E-state index in [1.807, 2.05) is 36.4 Å². The number of carbonyl (C=O) groups excluding carboxylic acids is 2. The van der Waals surface area contributed by atoms with Gasteiger partial charge in [0.2, 0.25) is 11.8 Å². The number of nitrogens with one attached hydrogen (secondary N) is 2. The van der Waals surface area contributed by atoms with Crippen molar-refractivity contribution in [1.82, 2.24) is 10.6 Å². The number of carbonyl (C=O) groups is 3. The van der Waals surface area contributed by atoms with Crippen LogP contribution in [0.3, 0.4) is 0 Å². The van der Waals surface area contributed by atoms with Crippen LogP contribution in [0.2, 0.25) is 0 Å². The Morgan fingerprint density at radius 2 is 1.81 bits per heavy atom. The minimum atomic E-state index is -1.09. The first-order chi connectivity index (χ1) is 15.0. The molecule has 0 aliphatic carbocycles. The topological polar surface area (TPSA) is 122 Å². The van der Waals surface area contributed by atoms with Gasteiger partial charge in [-0.2, -0.15) is 0 Å². The Kier molecular flexibility index (Phi) is 13.3. The monoisotopic (exact) mass is 429 g/mol. The molecule has 0 saturated heterocycles. The van der Waals surface area contributed by atoms with Crippen LogP contribution in [-0.4, -0.2) is 41.5 Å². The van der Waals surface area contributed by atoms with Crippen molar-refractivity contribution in [3.05, 3.63) is 60.2 Å². The number of hydrogen-bond acceptors (Lipinski definition) is 4. The molecule has 0 bridgehead atoms. The van der Waals surface area contributed by atoms with Crippen molar-refractivity contribution < 1.29 is 19.5 Å². The fourth-order valence-corrected chi connectivity index (χ4v) is 3.02. The van der Waals surface area contributed by atoms with Crippen LogP contribution in [0, 0.1) is 0 Å². The van der Waals surface area contributed by atoms with Crippen molar-refractivity contribution in [1.29, 1.82) is 0 Å². The minimum Gasteiger partial charge on any atom is -0.478 e. The van der Waals surface area contributed by atoms with Gasteiger partial charge < -0.3 is 21.5 Å². The predicted molar refractivity (Wildman–Crippen MR) is 122 cm³/mol. The van der Waals surface area contributed by atoms with Gasteiger partial charge in [-0.15, -0.1) is 0 Å². The lowest BCUT2D eigenvalue weighted by Gasteiger charge is -2.21. The average Bonchev–Trinajstić information content (AvgIpc) is 2.75. The van der Waals surface area contributed by atoms with Crippen LogP contribution in [0.5, 0.6) is 0 Å². The van der Waals surface area contributed by atoms with E-state index in [0.29, 0.717) is 25.8 Å². The molecule has 170 valence electrons. The second-order valence-corrected chi connectivity index (χ2v) is 7.39. The lowest BCUT2D eigenvalue weighted by molar-refractivity contribution is -0.131. The maximum Gasteiger partial charge on any atom is 0.328 e. The molecule has 2 atom stereocenters. The van der Waals surface area contributed by atoms with Crippen LogP contribution in [0.15, 0.2) is 54.6 Å². The zero-order valence-corrected chi connectivity index (χ0v) is 18.3. The van der Waals surface area contributed by atoms with Gasteiger partial charge in [0.1, 0.15) is 6.04 Å². The fourth-order valence-electron chi connectivity index (χ4n) is 3.02. The van der Waals surface area contributed by atoms with E-state index in [-0.39, 0.29) is 11.8 Å². The summed E-state index contributed by atoms with van der Waals surface area (Å²) in [5.41, 5.74) is 6.46. The van der Waals surface area contributed by atoms with E-state index >= 15 is 0 Å². The number of carboxylic acids is 1. The molecule has 0 aliphatic heterocycles. The molecule has 0 unspecified atom stereocenters. The largest absolute Gasteiger partial charge is 0.478 e. The summed E-state index contributed by atoms with van der Waals surface area (Å²) in [7, 11) is 0. The highest BCUT2D eigenvalue weighted by Gasteiger charge is 2.22. The van der Waals surface area contributed by atoms with Crippen molar-refractivity contribution in [2.24, 2.45) is 5.73 Å². The Labute approximate surface area is 184 Å². The molecule has 5 N–H and O–H groups in total. The highest BCUT2D eigenvalue weighted by atomic mass is 16.4. The molecule has 0 fully saturated rings. The first-order valence-electron chi connectivity index (χ1n) is 10.9. The number of benzene rings is 1. The van der Waals surface area contributed by atoms with Gasteiger partial charge in [-0.05, 0) is 43.9 Å². The highest BCUT2D eigenvalue weighted by molar-refractivity contribution is 5.93. The van der Waals surface area contributed by atoms with Crippen molar-refractivity contribution in [2.45, 2.75) is 64.0 Å². The molecular weight excluding hydrogens is 394 g/mol. The van der Waals surface area contributed by atoms with Gasteiger partial charge in [0.05, 0.1) is 0 Å². The van der Waals surface area contributed by atoms with Crippen LogP contribution in [-0.2, 0) is 20.8 Å². The summed E-state index contributed by atoms with van der Waals surface area (Å²) < 4.78 is 0. The Balaban J connectivity index is 2.85. The molecule has 0 heterocycles. The number of unbranched alkanes of at least 4 members (excludes halogenated alkanes) is 3. The van der Waals surface area contributed by atoms with Crippen LogP contribution in [0.25, 0.3) is 0 Å². The van der Waals surface area contributed by atoms with Gasteiger partial charge in [-0.25, -0.2) is 4.79 Å². The molecule has 0 aromatic heterocycles. The summed E-state index contributed by atoms with van der Waals surface area (Å²) in [4.78, 5) is 36.2. The molecule has 7 nitrogen and oxygen atoms in total. The SMILES string of the molecule is CCCCC/C=C/C(=O)N[C@@H](Cc1ccccc1)C(=O)N[C@H](/C=C/C(=O)O)CCCN. The third-order valence-corrected chi connectivity index (χ3v) is 4.68. The Morgan fingerprint density at radius 1 is 1.06 bits per heavy atom. The minimum absolute atomic E-state index is 0.327. The lowest BCUT2D eigenvalue weighted by Crippen LogP contribution is -2.50. The molecule has 0 spiro atoms. The van der Waals surface area contributed by atoms with Gasteiger partial charge in [0, 0.05) is 18.5 Å². The average molecular weight is 430 g/mol. The standard InChI is InChI=1S/C24H35N3O4/c1-2-3-4-5-9-14-22(28)27-21(18-19-11-7-6-8-12-19)24(31)26-20(13-10-17-25)15-16-23(29)30/h6-9,11-12,14-16,20-21H,2-5,10,13,17-18,25H2,1H3,(H,26,31)(H,27,28)(H,29,30)/b14-9+,16-15+/t20-,21-/m0/s1. The van der Waals surface area contributed by atoms with Gasteiger partial charge in [0.25, 0.3) is 0 Å². The molecule has 31 heavy (non-hydrogen) atoms. The molecular formula is C24H35N3O4. The van der Waals surface area contributed by atoms with E-state index in [4.69, 9.17) is 10.8 Å². The molecule has 1 aromatic carbocycles. The zero-order valence-electron chi connectivity index (χ0n) is 18.3. The van der Waals surface area contributed by atoms with Crippen molar-refractivity contribution >= 4 is 17.8 Å². The summed E-state index contributed by atoms with van der Waals surface area (Å²) in [5.74, 6) is -1.78. The first-order valence-corrected chi connectivity index (χ1v) is 10.9. The van der Waals surface area contributed by atoms with E-state index in [1.54, 1.807) is 0 Å². The number of amides is 2. The summed E-state index contributed by atoms with van der Waals surface area (Å²) in [6.07, 6.45) is 11.3. The number of allylic oxidation sites excluding steroid dienone is 1. The highest BCUT2D eigenvalue weighted by Crippen LogP contribution is 2.06. The first kappa shape index (κ1) is 26.1. The number of rotatable bonds is 15. The molecule has 0 aliphatic rings. The number of aliphatic carboxylic acids is 1. The van der Waals surface area contributed by atoms with Gasteiger partial charge in [0.15, 0.2) is 0 Å². The maximum absolute atomic E-state index is 13.0. The predicted octanol–water partition coefficient (Wildman–Crippen LogP) is 2.71. The molecule has 0 radical (unpaired) electrons. The van der Waals surface area contributed by atoms with Gasteiger partial charge in [-0.1, -0.05) is 62.2 Å².